The van der Waals surface area contributed by atoms with Gasteiger partial charge in [-0.2, -0.15) is 11.8 Å². The molecule has 0 aliphatic rings. The zero-order valence-electron chi connectivity index (χ0n) is 11.5. The number of ether oxygens (including phenoxy) is 1. The summed E-state index contributed by atoms with van der Waals surface area (Å²) in [6, 6.07) is 0.588. The zero-order valence-corrected chi connectivity index (χ0v) is 12.3. The van der Waals surface area contributed by atoms with Crippen molar-refractivity contribution in [2.24, 2.45) is 0 Å². The van der Waals surface area contributed by atoms with Gasteiger partial charge in [-0.1, -0.05) is 13.3 Å². The SMILES string of the molecule is CCOC(=O)CCCCCNC(C)CSCC. The molecule has 0 saturated carbocycles. The maximum atomic E-state index is 11.1. The Bertz CT molecular complexity index is 188. The van der Waals surface area contributed by atoms with E-state index in [2.05, 4.69) is 19.2 Å². The van der Waals surface area contributed by atoms with Crippen molar-refractivity contribution in [2.45, 2.75) is 52.5 Å². The molecule has 0 bridgehead atoms. The van der Waals surface area contributed by atoms with Crippen molar-refractivity contribution in [2.75, 3.05) is 24.7 Å². The lowest BCUT2D eigenvalue weighted by molar-refractivity contribution is -0.143. The van der Waals surface area contributed by atoms with E-state index in [0.717, 1.165) is 25.8 Å². The van der Waals surface area contributed by atoms with Gasteiger partial charge in [-0.15, -0.1) is 0 Å². The quantitative estimate of drug-likeness (QED) is 0.458. The van der Waals surface area contributed by atoms with Crippen molar-refractivity contribution < 1.29 is 9.53 Å². The molecule has 0 aromatic heterocycles. The third-order valence-corrected chi connectivity index (χ3v) is 3.57. The minimum Gasteiger partial charge on any atom is -0.466 e. The van der Waals surface area contributed by atoms with Gasteiger partial charge in [0.25, 0.3) is 0 Å². The van der Waals surface area contributed by atoms with Gasteiger partial charge in [-0.3, -0.25) is 4.79 Å². The fourth-order valence-electron chi connectivity index (χ4n) is 1.51. The molecule has 0 aliphatic carbocycles. The Morgan fingerprint density at radius 3 is 2.71 bits per heavy atom. The summed E-state index contributed by atoms with van der Waals surface area (Å²) >= 11 is 1.97. The highest BCUT2D eigenvalue weighted by atomic mass is 32.2. The van der Waals surface area contributed by atoms with Crippen LogP contribution in [0.1, 0.15) is 46.5 Å². The third kappa shape index (κ3) is 12.0. The Hall–Kier alpha value is -0.220. The van der Waals surface area contributed by atoms with Crippen LogP contribution < -0.4 is 5.32 Å². The number of thioether (sulfide) groups is 1. The number of nitrogens with one attached hydrogen (secondary N) is 1. The van der Waals surface area contributed by atoms with Gasteiger partial charge >= 0.3 is 5.97 Å². The molecule has 0 aromatic carbocycles. The molecule has 0 aromatic rings. The van der Waals surface area contributed by atoms with E-state index in [9.17, 15) is 4.79 Å². The number of hydrogen-bond donors (Lipinski definition) is 1. The predicted octanol–water partition coefficient (Wildman–Crippen LogP) is 2.84. The average molecular weight is 261 g/mol. The first-order valence-electron chi connectivity index (χ1n) is 6.67. The van der Waals surface area contributed by atoms with Crippen molar-refractivity contribution in [3.8, 4) is 0 Å². The molecule has 0 aliphatic heterocycles. The van der Waals surface area contributed by atoms with E-state index < -0.39 is 0 Å². The fraction of sp³-hybridized carbons (Fsp3) is 0.923. The molecule has 0 heterocycles. The van der Waals surface area contributed by atoms with Crippen molar-refractivity contribution in [3.05, 3.63) is 0 Å². The van der Waals surface area contributed by atoms with E-state index in [-0.39, 0.29) is 5.97 Å². The van der Waals surface area contributed by atoms with Crippen molar-refractivity contribution in [3.63, 3.8) is 0 Å². The van der Waals surface area contributed by atoms with Crippen molar-refractivity contribution in [1.29, 1.82) is 0 Å². The van der Waals surface area contributed by atoms with Crippen molar-refractivity contribution >= 4 is 17.7 Å². The second kappa shape index (κ2) is 12.2. The molecular weight excluding hydrogens is 234 g/mol. The molecular formula is C13H27NO2S. The summed E-state index contributed by atoms with van der Waals surface area (Å²) in [5.74, 6) is 2.30. The first kappa shape index (κ1) is 16.8. The number of esters is 1. The van der Waals surface area contributed by atoms with Gasteiger partial charge < -0.3 is 10.1 Å². The van der Waals surface area contributed by atoms with E-state index in [1.165, 1.54) is 11.5 Å². The summed E-state index contributed by atoms with van der Waals surface area (Å²) in [6.45, 7) is 7.80. The molecule has 1 atom stereocenters. The number of carbonyl (C=O) groups excluding carboxylic acids is 1. The van der Waals surface area contributed by atoms with Crippen LogP contribution in [0.2, 0.25) is 0 Å². The van der Waals surface area contributed by atoms with Gasteiger partial charge in [0.2, 0.25) is 0 Å². The van der Waals surface area contributed by atoms with Crippen LogP contribution in [0, 0.1) is 0 Å². The van der Waals surface area contributed by atoms with Gasteiger partial charge in [0.05, 0.1) is 6.61 Å². The molecule has 0 rings (SSSR count). The molecule has 3 nitrogen and oxygen atoms in total. The summed E-state index contributed by atoms with van der Waals surface area (Å²) in [5, 5.41) is 3.49. The van der Waals surface area contributed by atoms with Crippen LogP contribution in [0.5, 0.6) is 0 Å². The molecule has 1 unspecified atom stereocenters. The number of hydrogen-bond acceptors (Lipinski definition) is 4. The Morgan fingerprint density at radius 1 is 1.29 bits per heavy atom. The lowest BCUT2D eigenvalue weighted by atomic mass is 10.2. The minimum atomic E-state index is -0.0619. The molecule has 1 N–H and O–H groups in total. The smallest absolute Gasteiger partial charge is 0.305 e. The standard InChI is InChI=1S/C13H27NO2S/c1-4-16-13(15)9-7-6-8-10-14-12(3)11-17-5-2/h12,14H,4-11H2,1-3H3. The average Bonchev–Trinajstić information content (AvgIpc) is 2.31. The van der Waals surface area contributed by atoms with E-state index in [0.29, 0.717) is 19.1 Å². The second-order valence-electron chi connectivity index (χ2n) is 4.13. The van der Waals surface area contributed by atoms with Gasteiger partial charge in [0, 0.05) is 18.2 Å². The molecule has 17 heavy (non-hydrogen) atoms. The highest BCUT2D eigenvalue weighted by molar-refractivity contribution is 7.99. The van der Waals surface area contributed by atoms with Crippen LogP contribution in [-0.4, -0.2) is 36.7 Å². The normalized spacial score (nSPS) is 12.4. The third-order valence-electron chi connectivity index (χ3n) is 2.43. The summed E-state index contributed by atoms with van der Waals surface area (Å²) < 4.78 is 4.87. The van der Waals surface area contributed by atoms with Crippen LogP contribution in [0.25, 0.3) is 0 Å². The summed E-state index contributed by atoms with van der Waals surface area (Å²) in [7, 11) is 0. The van der Waals surface area contributed by atoms with E-state index >= 15 is 0 Å². The van der Waals surface area contributed by atoms with Crippen LogP contribution >= 0.6 is 11.8 Å². The summed E-state index contributed by atoms with van der Waals surface area (Å²) in [6.07, 6.45) is 3.74. The maximum absolute atomic E-state index is 11.1. The molecule has 0 amide bonds. The van der Waals surface area contributed by atoms with Crippen LogP contribution in [0.4, 0.5) is 0 Å². The Balaban J connectivity index is 3.20. The first-order valence-corrected chi connectivity index (χ1v) is 7.82. The minimum absolute atomic E-state index is 0.0619. The molecule has 4 heteroatoms. The van der Waals surface area contributed by atoms with Crippen molar-refractivity contribution in [1.82, 2.24) is 5.32 Å². The number of unbranched alkanes of at least 4 members (excludes halogenated alkanes) is 2. The van der Waals surface area contributed by atoms with Gasteiger partial charge in [-0.05, 0) is 39.0 Å². The van der Waals surface area contributed by atoms with E-state index in [1.54, 1.807) is 0 Å². The van der Waals surface area contributed by atoms with Crippen LogP contribution in [0.15, 0.2) is 0 Å². The molecule has 0 fully saturated rings. The highest BCUT2D eigenvalue weighted by Gasteiger charge is 2.02. The Labute approximate surface area is 110 Å². The number of carbonyl (C=O) groups is 1. The first-order chi connectivity index (χ1) is 8.20. The number of rotatable bonds is 11. The zero-order chi connectivity index (χ0) is 12.9. The maximum Gasteiger partial charge on any atom is 0.305 e. The lowest BCUT2D eigenvalue weighted by Crippen LogP contribution is -2.29. The van der Waals surface area contributed by atoms with E-state index in [4.69, 9.17) is 4.74 Å². The predicted molar refractivity (Wildman–Crippen MR) is 75.6 cm³/mol. The van der Waals surface area contributed by atoms with E-state index in [1.807, 2.05) is 18.7 Å². The molecule has 0 spiro atoms. The summed E-state index contributed by atoms with van der Waals surface area (Å²) in [4.78, 5) is 11.1. The molecule has 102 valence electrons. The van der Waals surface area contributed by atoms with Gasteiger partial charge in [0.1, 0.15) is 0 Å². The largest absolute Gasteiger partial charge is 0.466 e. The van der Waals surface area contributed by atoms with Crippen LogP contribution in [0.3, 0.4) is 0 Å². The molecule has 0 radical (unpaired) electrons. The monoisotopic (exact) mass is 261 g/mol. The van der Waals surface area contributed by atoms with Gasteiger partial charge in [0.15, 0.2) is 0 Å². The van der Waals surface area contributed by atoms with Crippen LogP contribution in [-0.2, 0) is 9.53 Å². The Morgan fingerprint density at radius 2 is 2.06 bits per heavy atom. The summed E-state index contributed by atoms with van der Waals surface area (Å²) in [5.41, 5.74) is 0. The topological polar surface area (TPSA) is 38.3 Å². The van der Waals surface area contributed by atoms with Gasteiger partial charge in [-0.25, -0.2) is 0 Å². The second-order valence-corrected chi connectivity index (χ2v) is 5.45. The molecule has 0 saturated heterocycles. The fourth-order valence-corrected chi connectivity index (χ4v) is 2.21. The highest BCUT2D eigenvalue weighted by Crippen LogP contribution is 2.03. The lowest BCUT2D eigenvalue weighted by Gasteiger charge is -2.12. The Kier molecular flexibility index (Phi) is 12.1.